The van der Waals surface area contributed by atoms with Crippen molar-refractivity contribution in [2.24, 2.45) is 0 Å². The molecule has 1 aromatic carbocycles. The number of rotatable bonds is 3. The van der Waals surface area contributed by atoms with Gasteiger partial charge < -0.3 is 14.2 Å². The fourth-order valence-electron chi connectivity index (χ4n) is 2.67. The van der Waals surface area contributed by atoms with E-state index in [1.807, 2.05) is 23.1 Å². The molecule has 0 aliphatic carbocycles. The molecule has 21 heavy (non-hydrogen) atoms. The van der Waals surface area contributed by atoms with Crippen molar-refractivity contribution in [2.75, 3.05) is 26.2 Å². The van der Waals surface area contributed by atoms with Gasteiger partial charge in [0.25, 0.3) is 5.91 Å². The first-order valence-electron chi connectivity index (χ1n) is 7.14. The molecule has 5 heteroatoms. The smallest absolute Gasteiger partial charge is 0.289 e. The molecule has 1 aliphatic rings. The molecule has 2 heterocycles. The zero-order valence-corrected chi connectivity index (χ0v) is 12.5. The largest absolute Gasteiger partial charge is 0.459 e. The van der Waals surface area contributed by atoms with Crippen LogP contribution in [0.2, 0.25) is 5.02 Å². The second-order valence-corrected chi connectivity index (χ2v) is 5.69. The molecule has 2 aromatic rings. The van der Waals surface area contributed by atoms with Crippen molar-refractivity contribution < 1.29 is 14.1 Å². The van der Waals surface area contributed by atoms with Gasteiger partial charge in [-0.1, -0.05) is 29.8 Å². The molecule has 1 N–H and O–H groups in total. The Bertz CT molecular complexity index is 604. The van der Waals surface area contributed by atoms with Gasteiger partial charge in [0.05, 0.1) is 32.4 Å². The first-order valence-corrected chi connectivity index (χ1v) is 7.51. The van der Waals surface area contributed by atoms with Crippen molar-refractivity contribution in [1.29, 1.82) is 0 Å². The maximum absolute atomic E-state index is 12.2. The van der Waals surface area contributed by atoms with E-state index < -0.39 is 0 Å². The standard InChI is InChI=1S/C16H17ClN2O2/c17-14-5-2-1-4-13(14)12-18-7-9-19(10-8-18)16(20)15-6-3-11-21-15/h1-6,11H,7-10,12H2/p+1. The van der Waals surface area contributed by atoms with E-state index in [0.29, 0.717) is 5.76 Å². The lowest BCUT2D eigenvalue weighted by atomic mass is 10.2. The van der Waals surface area contributed by atoms with Crippen LogP contribution >= 0.6 is 11.6 Å². The molecule has 1 fully saturated rings. The molecule has 0 bridgehead atoms. The average molecular weight is 306 g/mol. The summed E-state index contributed by atoms with van der Waals surface area (Å²) >= 11 is 6.20. The monoisotopic (exact) mass is 305 g/mol. The Balaban J connectivity index is 1.56. The minimum absolute atomic E-state index is 0.0169. The van der Waals surface area contributed by atoms with Crippen molar-refractivity contribution in [3.8, 4) is 0 Å². The molecule has 1 aromatic heterocycles. The minimum atomic E-state index is -0.0169. The van der Waals surface area contributed by atoms with E-state index in [0.717, 1.165) is 37.7 Å². The van der Waals surface area contributed by atoms with Gasteiger partial charge in [0.2, 0.25) is 0 Å². The van der Waals surface area contributed by atoms with Gasteiger partial charge in [0, 0.05) is 10.6 Å². The van der Waals surface area contributed by atoms with Crippen molar-refractivity contribution in [2.45, 2.75) is 6.54 Å². The molecule has 4 nitrogen and oxygen atoms in total. The van der Waals surface area contributed by atoms with Crippen LogP contribution < -0.4 is 4.90 Å². The normalized spacial score (nSPS) is 16.1. The SMILES string of the molecule is O=C(c1ccco1)N1CC[NH+](Cc2ccccc2Cl)CC1. The quantitative estimate of drug-likeness (QED) is 0.932. The highest BCUT2D eigenvalue weighted by molar-refractivity contribution is 6.31. The highest BCUT2D eigenvalue weighted by Gasteiger charge is 2.26. The summed E-state index contributed by atoms with van der Waals surface area (Å²) in [5.74, 6) is 0.404. The van der Waals surface area contributed by atoms with Gasteiger partial charge in [-0.3, -0.25) is 4.79 Å². The molecule has 1 aliphatic heterocycles. The highest BCUT2D eigenvalue weighted by Crippen LogP contribution is 2.13. The van der Waals surface area contributed by atoms with Crippen LogP contribution in [-0.2, 0) is 6.54 Å². The van der Waals surface area contributed by atoms with Crippen molar-refractivity contribution >= 4 is 17.5 Å². The molecular weight excluding hydrogens is 288 g/mol. The van der Waals surface area contributed by atoms with E-state index in [1.54, 1.807) is 12.1 Å². The number of benzene rings is 1. The van der Waals surface area contributed by atoms with Gasteiger partial charge in [-0.15, -0.1) is 0 Å². The number of nitrogens with zero attached hydrogens (tertiary/aromatic N) is 1. The number of furan rings is 1. The Morgan fingerprint density at radius 1 is 1.19 bits per heavy atom. The summed E-state index contributed by atoms with van der Waals surface area (Å²) in [6.07, 6.45) is 1.53. The third-order valence-electron chi connectivity index (χ3n) is 3.89. The van der Waals surface area contributed by atoms with Crippen molar-refractivity contribution in [3.05, 3.63) is 59.0 Å². The third-order valence-corrected chi connectivity index (χ3v) is 4.26. The summed E-state index contributed by atoms with van der Waals surface area (Å²) in [6.45, 7) is 4.26. The lowest BCUT2D eigenvalue weighted by Crippen LogP contribution is -3.13. The van der Waals surface area contributed by atoms with Crippen LogP contribution in [0.5, 0.6) is 0 Å². The lowest BCUT2D eigenvalue weighted by Gasteiger charge is -2.31. The predicted molar refractivity (Wildman–Crippen MR) is 80.5 cm³/mol. The van der Waals surface area contributed by atoms with Crippen LogP contribution in [0.25, 0.3) is 0 Å². The van der Waals surface area contributed by atoms with Crippen LogP contribution in [0.3, 0.4) is 0 Å². The number of quaternary nitrogens is 1. The second-order valence-electron chi connectivity index (χ2n) is 5.29. The van der Waals surface area contributed by atoms with Gasteiger partial charge in [-0.2, -0.15) is 0 Å². The number of piperazine rings is 1. The Kier molecular flexibility index (Phi) is 4.27. The van der Waals surface area contributed by atoms with Crippen LogP contribution in [0.15, 0.2) is 47.1 Å². The summed E-state index contributed by atoms with van der Waals surface area (Å²) in [4.78, 5) is 15.5. The number of carbonyl (C=O) groups is 1. The fraction of sp³-hybridized carbons (Fsp3) is 0.312. The van der Waals surface area contributed by atoms with Crippen LogP contribution in [0.1, 0.15) is 16.1 Å². The number of hydrogen-bond donors (Lipinski definition) is 1. The van der Waals surface area contributed by atoms with E-state index >= 15 is 0 Å². The zero-order chi connectivity index (χ0) is 14.7. The van der Waals surface area contributed by atoms with E-state index in [1.165, 1.54) is 16.7 Å². The maximum Gasteiger partial charge on any atom is 0.289 e. The first kappa shape index (κ1) is 14.2. The van der Waals surface area contributed by atoms with Gasteiger partial charge in [0.1, 0.15) is 6.54 Å². The molecule has 0 atom stereocenters. The molecule has 110 valence electrons. The summed E-state index contributed by atoms with van der Waals surface area (Å²) in [5, 5.41) is 0.819. The predicted octanol–water partition coefficient (Wildman–Crippen LogP) is 1.47. The summed E-state index contributed by atoms with van der Waals surface area (Å²) in [6, 6.07) is 11.4. The number of hydrogen-bond acceptors (Lipinski definition) is 2. The Hall–Kier alpha value is -1.78. The number of carbonyl (C=O) groups excluding carboxylic acids is 1. The number of halogens is 1. The number of nitrogens with one attached hydrogen (secondary N) is 1. The third kappa shape index (κ3) is 3.28. The Morgan fingerprint density at radius 3 is 2.62 bits per heavy atom. The van der Waals surface area contributed by atoms with E-state index in [4.69, 9.17) is 16.0 Å². The van der Waals surface area contributed by atoms with Crippen LogP contribution in [0.4, 0.5) is 0 Å². The molecule has 0 saturated carbocycles. The summed E-state index contributed by atoms with van der Waals surface area (Å²) < 4.78 is 5.17. The van der Waals surface area contributed by atoms with Crippen LogP contribution in [0, 0.1) is 0 Å². The topological polar surface area (TPSA) is 37.9 Å². The first-order chi connectivity index (χ1) is 10.2. The van der Waals surface area contributed by atoms with Crippen molar-refractivity contribution in [1.82, 2.24) is 4.90 Å². The molecule has 0 unspecified atom stereocenters. The van der Waals surface area contributed by atoms with Gasteiger partial charge in [-0.25, -0.2) is 0 Å². The van der Waals surface area contributed by atoms with E-state index in [9.17, 15) is 4.79 Å². The molecule has 1 saturated heterocycles. The molecule has 0 spiro atoms. The molecule has 1 amide bonds. The molecule has 0 radical (unpaired) electrons. The Morgan fingerprint density at radius 2 is 1.95 bits per heavy atom. The van der Waals surface area contributed by atoms with E-state index in [2.05, 4.69) is 6.07 Å². The summed E-state index contributed by atoms with van der Waals surface area (Å²) in [5.41, 5.74) is 1.17. The van der Waals surface area contributed by atoms with Gasteiger partial charge in [0.15, 0.2) is 5.76 Å². The fourth-order valence-corrected chi connectivity index (χ4v) is 2.87. The second kappa shape index (κ2) is 6.33. The van der Waals surface area contributed by atoms with Crippen LogP contribution in [-0.4, -0.2) is 37.0 Å². The lowest BCUT2D eigenvalue weighted by molar-refractivity contribution is -0.917. The zero-order valence-electron chi connectivity index (χ0n) is 11.7. The van der Waals surface area contributed by atoms with Crippen molar-refractivity contribution in [3.63, 3.8) is 0 Å². The van der Waals surface area contributed by atoms with E-state index in [-0.39, 0.29) is 5.91 Å². The average Bonchev–Trinajstić information content (AvgIpc) is 3.04. The van der Waals surface area contributed by atoms with Gasteiger partial charge in [-0.05, 0) is 18.2 Å². The summed E-state index contributed by atoms with van der Waals surface area (Å²) in [7, 11) is 0. The molecular formula is C16H18ClN2O2+. The molecule has 3 rings (SSSR count). The highest BCUT2D eigenvalue weighted by atomic mass is 35.5. The number of amides is 1. The minimum Gasteiger partial charge on any atom is -0.459 e. The maximum atomic E-state index is 12.2. The van der Waals surface area contributed by atoms with Gasteiger partial charge >= 0.3 is 0 Å². The Labute approximate surface area is 128 Å².